The van der Waals surface area contributed by atoms with E-state index in [0.717, 1.165) is 61.5 Å². The lowest BCUT2D eigenvalue weighted by Crippen LogP contribution is -2.20. The van der Waals surface area contributed by atoms with E-state index in [1.807, 2.05) is 48.8 Å². The first-order valence-corrected chi connectivity index (χ1v) is 12.6. The maximum absolute atomic E-state index is 5.78. The molecule has 0 radical (unpaired) electrons. The van der Waals surface area contributed by atoms with E-state index in [1.165, 1.54) is 0 Å². The highest BCUT2D eigenvalue weighted by atomic mass is 16.6. The van der Waals surface area contributed by atoms with Crippen molar-refractivity contribution < 1.29 is 28.4 Å². The van der Waals surface area contributed by atoms with Crippen molar-refractivity contribution in [1.29, 1.82) is 0 Å². The predicted octanol–water partition coefficient (Wildman–Crippen LogP) is 4.11. The van der Waals surface area contributed by atoms with E-state index in [9.17, 15) is 0 Å². The zero-order valence-electron chi connectivity index (χ0n) is 20.9. The van der Waals surface area contributed by atoms with Crippen LogP contribution in [-0.4, -0.2) is 77.4 Å². The Labute approximate surface area is 212 Å². The molecule has 2 atom stereocenters. The van der Waals surface area contributed by atoms with Gasteiger partial charge in [-0.05, 0) is 73.2 Å². The number of benzene rings is 2. The summed E-state index contributed by atoms with van der Waals surface area (Å²) in [6.07, 6.45) is 8.41. The third-order valence-corrected chi connectivity index (χ3v) is 6.56. The molecule has 0 spiro atoms. The summed E-state index contributed by atoms with van der Waals surface area (Å²) in [6.45, 7) is 2.65. The number of epoxide rings is 2. The van der Waals surface area contributed by atoms with Crippen molar-refractivity contribution in [1.82, 2.24) is 0 Å². The summed E-state index contributed by atoms with van der Waals surface area (Å²) in [5, 5.41) is 0. The molecule has 2 aliphatic heterocycles. The quantitative estimate of drug-likeness (QED) is 0.326. The largest absolute Gasteiger partial charge is 0.493 e. The van der Waals surface area contributed by atoms with Gasteiger partial charge in [0.1, 0.15) is 25.4 Å². The Morgan fingerprint density at radius 2 is 1.11 bits per heavy atom. The lowest BCUT2D eigenvalue weighted by Gasteiger charge is -2.23. The molecule has 2 unspecified atom stereocenters. The van der Waals surface area contributed by atoms with Crippen LogP contribution in [0.1, 0.15) is 36.8 Å². The first-order valence-electron chi connectivity index (χ1n) is 12.6. The number of methoxy groups -OCH3 is 2. The van der Waals surface area contributed by atoms with Gasteiger partial charge in [-0.2, -0.15) is 0 Å². The molecule has 0 aromatic heterocycles. The van der Waals surface area contributed by atoms with Gasteiger partial charge in [0.05, 0.1) is 39.5 Å². The molecular weight excluding hydrogens is 460 g/mol. The molecule has 8 nitrogen and oxygen atoms in total. The monoisotopic (exact) mass is 494 g/mol. The molecule has 36 heavy (non-hydrogen) atoms. The molecular formula is C28H34N2O6. The second-order valence-corrected chi connectivity index (χ2v) is 9.37. The van der Waals surface area contributed by atoms with E-state index < -0.39 is 0 Å². The molecule has 1 saturated carbocycles. The minimum absolute atomic E-state index is 0.214. The van der Waals surface area contributed by atoms with Crippen LogP contribution in [0.3, 0.4) is 0 Å². The van der Waals surface area contributed by atoms with E-state index in [2.05, 4.69) is 0 Å². The van der Waals surface area contributed by atoms with Gasteiger partial charge in [0.25, 0.3) is 0 Å². The Kier molecular flexibility index (Phi) is 8.03. The van der Waals surface area contributed by atoms with Gasteiger partial charge in [0.15, 0.2) is 23.0 Å². The summed E-state index contributed by atoms with van der Waals surface area (Å²) < 4.78 is 32.9. The highest BCUT2D eigenvalue weighted by Crippen LogP contribution is 2.30. The van der Waals surface area contributed by atoms with Crippen molar-refractivity contribution in [2.75, 3.05) is 40.6 Å². The lowest BCUT2D eigenvalue weighted by atomic mass is 9.92. The number of hydrogen-bond donors (Lipinski definition) is 0. The maximum atomic E-state index is 5.78. The van der Waals surface area contributed by atoms with Crippen LogP contribution in [-0.2, 0) is 9.47 Å². The lowest BCUT2D eigenvalue weighted by molar-refractivity contribution is 0.252. The summed E-state index contributed by atoms with van der Waals surface area (Å²) in [7, 11) is 3.31. The molecule has 192 valence electrons. The van der Waals surface area contributed by atoms with Crippen LogP contribution in [0.25, 0.3) is 0 Å². The highest BCUT2D eigenvalue weighted by molar-refractivity contribution is 5.81. The van der Waals surface area contributed by atoms with Crippen LogP contribution in [0.2, 0.25) is 0 Å². The van der Waals surface area contributed by atoms with Crippen LogP contribution in [0.4, 0.5) is 0 Å². The van der Waals surface area contributed by atoms with Crippen molar-refractivity contribution in [2.24, 2.45) is 9.98 Å². The Bertz CT molecular complexity index is 986. The van der Waals surface area contributed by atoms with Crippen molar-refractivity contribution in [3.8, 4) is 23.0 Å². The summed E-state index contributed by atoms with van der Waals surface area (Å²) >= 11 is 0. The summed E-state index contributed by atoms with van der Waals surface area (Å²) in [5.74, 6) is 2.89. The Morgan fingerprint density at radius 1 is 0.694 bits per heavy atom. The zero-order valence-corrected chi connectivity index (χ0v) is 20.9. The van der Waals surface area contributed by atoms with Crippen LogP contribution >= 0.6 is 0 Å². The molecule has 0 N–H and O–H groups in total. The van der Waals surface area contributed by atoms with Gasteiger partial charge < -0.3 is 28.4 Å². The summed E-state index contributed by atoms with van der Waals surface area (Å²) in [5.41, 5.74) is 2.01. The summed E-state index contributed by atoms with van der Waals surface area (Å²) in [6, 6.07) is 12.5. The highest BCUT2D eigenvalue weighted by Gasteiger charge is 2.24. The molecule has 2 saturated heterocycles. The standard InChI is InChI=1S/C28H34N2O6/c1-31-27-11-19(3-9-25(27)35-17-23-15-33-23)13-29-21-5-7-22(8-6-21)30-14-20-4-10-26(28(12-20)32-2)36-18-24-16-34-24/h3-4,9-14,21-24H,5-8,15-18H2,1-2H3. The van der Waals surface area contributed by atoms with E-state index in [-0.39, 0.29) is 12.2 Å². The van der Waals surface area contributed by atoms with Gasteiger partial charge in [-0.3, -0.25) is 9.98 Å². The van der Waals surface area contributed by atoms with E-state index >= 15 is 0 Å². The zero-order chi connectivity index (χ0) is 24.7. The minimum Gasteiger partial charge on any atom is -0.493 e. The van der Waals surface area contributed by atoms with Crippen molar-refractivity contribution >= 4 is 12.4 Å². The molecule has 0 amide bonds. The fraction of sp³-hybridized carbons (Fsp3) is 0.500. The topological polar surface area (TPSA) is 86.7 Å². The molecule has 1 aliphatic carbocycles. The molecule has 5 rings (SSSR count). The number of ether oxygens (including phenoxy) is 6. The molecule has 2 heterocycles. The normalized spacial score (nSPS) is 25.2. The third-order valence-electron chi connectivity index (χ3n) is 6.56. The Balaban J connectivity index is 1.10. The Morgan fingerprint density at radius 3 is 1.47 bits per heavy atom. The molecule has 3 aliphatic rings. The first-order chi connectivity index (χ1) is 17.7. The minimum atomic E-state index is 0.214. The van der Waals surface area contributed by atoms with Crippen LogP contribution < -0.4 is 18.9 Å². The molecule has 2 aromatic carbocycles. The van der Waals surface area contributed by atoms with Gasteiger partial charge in [-0.15, -0.1) is 0 Å². The molecule has 3 fully saturated rings. The second kappa shape index (κ2) is 11.8. The van der Waals surface area contributed by atoms with Gasteiger partial charge in [-0.1, -0.05) is 0 Å². The maximum Gasteiger partial charge on any atom is 0.161 e. The molecule has 0 bridgehead atoms. The fourth-order valence-electron chi connectivity index (χ4n) is 4.20. The number of hydrogen-bond acceptors (Lipinski definition) is 8. The third kappa shape index (κ3) is 6.98. The van der Waals surface area contributed by atoms with Gasteiger partial charge in [0, 0.05) is 12.4 Å². The number of aliphatic imine (C=N–C) groups is 2. The average Bonchev–Trinajstić information content (AvgIpc) is 3.85. The number of rotatable bonds is 12. The van der Waals surface area contributed by atoms with Crippen LogP contribution in [0.5, 0.6) is 23.0 Å². The summed E-state index contributed by atoms with van der Waals surface area (Å²) in [4.78, 5) is 9.66. The predicted molar refractivity (Wildman–Crippen MR) is 138 cm³/mol. The SMILES string of the molecule is COc1cc(C=NC2CCC(N=Cc3ccc(OCC4CO4)c(OC)c3)CC2)ccc1OCC1CO1. The van der Waals surface area contributed by atoms with Crippen LogP contribution in [0, 0.1) is 0 Å². The van der Waals surface area contributed by atoms with Gasteiger partial charge in [0.2, 0.25) is 0 Å². The van der Waals surface area contributed by atoms with Crippen LogP contribution in [0.15, 0.2) is 46.4 Å². The number of nitrogens with zero attached hydrogens (tertiary/aromatic N) is 2. The average molecular weight is 495 g/mol. The van der Waals surface area contributed by atoms with E-state index in [0.29, 0.717) is 36.8 Å². The smallest absolute Gasteiger partial charge is 0.161 e. The second-order valence-electron chi connectivity index (χ2n) is 9.37. The van der Waals surface area contributed by atoms with E-state index in [1.54, 1.807) is 14.2 Å². The van der Waals surface area contributed by atoms with E-state index in [4.69, 9.17) is 38.4 Å². The fourth-order valence-corrected chi connectivity index (χ4v) is 4.20. The van der Waals surface area contributed by atoms with Gasteiger partial charge in [-0.25, -0.2) is 0 Å². The van der Waals surface area contributed by atoms with Gasteiger partial charge >= 0.3 is 0 Å². The first kappa shape index (κ1) is 24.6. The molecule has 8 heteroatoms. The van der Waals surface area contributed by atoms with Crippen molar-refractivity contribution in [2.45, 2.75) is 50.0 Å². The van der Waals surface area contributed by atoms with Crippen molar-refractivity contribution in [3.05, 3.63) is 47.5 Å². The molecule has 2 aromatic rings. The Hall–Kier alpha value is -3.10. The van der Waals surface area contributed by atoms with Crippen molar-refractivity contribution in [3.63, 3.8) is 0 Å².